The van der Waals surface area contributed by atoms with Crippen LogP contribution in [0.5, 0.6) is 0 Å². The van der Waals surface area contributed by atoms with E-state index in [2.05, 4.69) is 5.32 Å². The first kappa shape index (κ1) is 21.5. The first-order valence-electron chi connectivity index (χ1n) is 9.97. The van der Waals surface area contributed by atoms with Crippen LogP contribution in [-0.4, -0.2) is 31.7 Å². The van der Waals surface area contributed by atoms with Gasteiger partial charge in [-0.3, -0.25) is 4.79 Å². The molecular weight excluding hydrogens is 391 g/mol. The molecule has 1 N–H and O–H groups in total. The molecule has 1 fully saturated rings. The second-order valence-corrected chi connectivity index (χ2v) is 9.37. The molecule has 0 unspecified atom stereocenters. The summed E-state index contributed by atoms with van der Waals surface area (Å²) in [4.78, 5) is 12.7. The van der Waals surface area contributed by atoms with E-state index in [1.807, 2.05) is 37.3 Å². The highest BCUT2D eigenvalue weighted by Gasteiger charge is 2.32. The van der Waals surface area contributed by atoms with Crippen LogP contribution in [0.15, 0.2) is 54.6 Å². The number of piperidine rings is 1. The second-order valence-electron chi connectivity index (χ2n) is 7.40. The number of rotatable bonds is 7. The molecule has 1 heterocycles. The summed E-state index contributed by atoms with van der Waals surface area (Å²) in [6.45, 7) is 2.57. The van der Waals surface area contributed by atoms with Gasteiger partial charge < -0.3 is 5.32 Å². The zero-order chi connectivity index (χ0) is 20.9. The quantitative estimate of drug-likeness (QED) is 0.747. The van der Waals surface area contributed by atoms with Gasteiger partial charge in [0.15, 0.2) is 0 Å². The Labute approximate surface area is 172 Å². The molecule has 1 saturated heterocycles. The SMILES string of the molecule is CC[C@H](NC(=O)C1CCN(S(=O)(=O)Cc2ccccc2F)CC1)c1ccccc1. The van der Waals surface area contributed by atoms with E-state index in [9.17, 15) is 17.6 Å². The molecule has 0 aromatic heterocycles. The maximum atomic E-state index is 13.8. The molecule has 2 aromatic rings. The van der Waals surface area contributed by atoms with Gasteiger partial charge in [0.25, 0.3) is 0 Å². The summed E-state index contributed by atoms with van der Waals surface area (Å²) in [5, 5.41) is 3.10. The molecule has 156 valence electrons. The molecule has 0 saturated carbocycles. The minimum absolute atomic E-state index is 0.0353. The van der Waals surface area contributed by atoms with Crippen LogP contribution in [0.1, 0.15) is 43.4 Å². The molecule has 5 nitrogen and oxygen atoms in total. The van der Waals surface area contributed by atoms with Crippen LogP contribution >= 0.6 is 0 Å². The van der Waals surface area contributed by atoms with Gasteiger partial charge in [-0.05, 0) is 30.9 Å². The van der Waals surface area contributed by atoms with Crippen LogP contribution in [0.2, 0.25) is 0 Å². The largest absolute Gasteiger partial charge is 0.349 e. The molecular formula is C22H27FN2O3S. The summed E-state index contributed by atoms with van der Waals surface area (Å²) in [7, 11) is -3.62. The Balaban J connectivity index is 1.57. The minimum atomic E-state index is -3.62. The monoisotopic (exact) mass is 418 g/mol. The van der Waals surface area contributed by atoms with Crippen molar-refractivity contribution in [3.8, 4) is 0 Å². The van der Waals surface area contributed by atoms with Crippen molar-refractivity contribution in [2.45, 2.75) is 38.0 Å². The van der Waals surface area contributed by atoms with E-state index in [1.54, 1.807) is 6.07 Å². The lowest BCUT2D eigenvalue weighted by molar-refractivity contribution is -0.126. The van der Waals surface area contributed by atoms with Crippen molar-refractivity contribution in [3.63, 3.8) is 0 Å². The van der Waals surface area contributed by atoms with Crippen LogP contribution < -0.4 is 5.32 Å². The number of hydrogen-bond acceptors (Lipinski definition) is 3. The Hall–Kier alpha value is -2.25. The lowest BCUT2D eigenvalue weighted by atomic mass is 9.96. The van der Waals surface area contributed by atoms with Crippen molar-refractivity contribution in [2.24, 2.45) is 5.92 Å². The Kier molecular flexibility index (Phi) is 7.03. The third-order valence-corrected chi connectivity index (χ3v) is 7.27. The lowest BCUT2D eigenvalue weighted by Crippen LogP contribution is -2.44. The highest BCUT2D eigenvalue weighted by Crippen LogP contribution is 2.24. The van der Waals surface area contributed by atoms with Gasteiger partial charge in [-0.25, -0.2) is 17.1 Å². The van der Waals surface area contributed by atoms with Gasteiger partial charge in [0.1, 0.15) is 5.82 Å². The minimum Gasteiger partial charge on any atom is -0.349 e. The Morgan fingerprint density at radius 2 is 1.72 bits per heavy atom. The van der Waals surface area contributed by atoms with E-state index >= 15 is 0 Å². The number of carbonyl (C=O) groups excluding carboxylic acids is 1. The van der Waals surface area contributed by atoms with Gasteiger partial charge in [-0.15, -0.1) is 0 Å². The molecule has 1 amide bonds. The summed E-state index contributed by atoms with van der Waals surface area (Å²) in [6.07, 6.45) is 1.72. The number of benzene rings is 2. The lowest BCUT2D eigenvalue weighted by Gasteiger charge is -2.31. The topological polar surface area (TPSA) is 66.5 Å². The highest BCUT2D eigenvalue weighted by molar-refractivity contribution is 7.88. The maximum absolute atomic E-state index is 13.8. The van der Waals surface area contributed by atoms with Crippen LogP contribution in [0, 0.1) is 11.7 Å². The van der Waals surface area contributed by atoms with Gasteiger partial charge in [0.05, 0.1) is 11.8 Å². The van der Waals surface area contributed by atoms with E-state index in [0.29, 0.717) is 12.8 Å². The summed E-state index contributed by atoms with van der Waals surface area (Å²) in [6, 6.07) is 15.7. The number of nitrogens with zero attached hydrogens (tertiary/aromatic N) is 1. The van der Waals surface area contributed by atoms with Crippen molar-refractivity contribution >= 4 is 15.9 Å². The van der Waals surface area contributed by atoms with Gasteiger partial charge in [0.2, 0.25) is 15.9 Å². The van der Waals surface area contributed by atoms with Crippen molar-refractivity contribution < 1.29 is 17.6 Å². The average molecular weight is 419 g/mol. The number of amides is 1. The molecule has 2 aromatic carbocycles. The van der Waals surface area contributed by atoms with E-state index in [4.69, 9.17) is 0 Å². The molecule has 0 spiro atoms. The van der Waals surface area contributed by atoms with Crippen molar-refractivity contribution in [1.82, 2.24) is 9.62 Å². The summed E-state index contributed by atoms with van der Waals surface area (Å²) in [5.74, 6) is -1.13. The molecule has 1 atom stereocenters. The van der Waals surface area contributed by atoms with Gasteiger partial charge in [-0.2, -0.15) is 0 Å². The maximum Gasteiger partial charge on any atom is 0.223 e. The van der Waals surface area contributed by atoms with Crippen molar-refractivity contribution in [1.29, 1.82) is 0 Å². The smallest absolute Gasteiger partial charge is 0.223 e. The first-order valence-corrected chi connectivity index (χ1v) is 11.6. The molecule has 1 aliphatic heterocycles. The normalized spacial score (nSPS) is 17.0. The summed E-state index contributed by atoms with van der Waals surface area (Å²) < 4.78 is 40.5. The number of halogens is 1. The molecule has 0 aliphatic carbocycles. The molecule has 29 heavy (non-hydrogen) atoms. The van der Waals surface area contributed by atoms with Crippen LogP contribution in [0.25, 0.3) is 0 Å². The van der Waals surface area contributed by atoms with Gasteiger partial charge >= 0.3 is 0 Å². The Bertz CT molecular complexity index is 926. The van der Waals surface area contributed by atoms with E-state index < -0.39 is 15.8 Å². The zero-order valence-corrected chi connectivity index (χ0v) is 17.4. The molecule has 3 rings (SSSR count). The Morgan fingerprint density at radius 3 is 2.34 bits per heavy atom. The average Bonchev–Trinajstić information content (AvgIpc) is 2.74. The van der Waals surface area contributed by atoms with Gasteiger partial charge in [-0.1, -0.05) is 55.5 Å². The number of sulfonamides is 1. The fourth-order valence-electron chi connectivity index (χ4n) is 3.70. The highest BCUT2D eigenvalue weighted by atomic mass is 32.2. The van der Waals surface area contributed by atoms with E-state index in [-0.39, 0.29) is 42.3 Å². The van der Waals surface area contributed by atoms with Crippen LogP contribution in [0.4, 0.5) is 4.39 Å². The van der Waals surface area contributed by atoms with E-state index in [1.165, 1.54) is 22.5 Å². The van der Waals surface area contributed by atoms with Gasteiger partial charge in [0, 0.05) is 24.6 Å². The molecule has 7 heteroatoms. The molecule has 1 aliphatic rings. The van der Waals surface area contributed by atoms with E-state index in [0.717, 1.165) is 12.0 Å². The number of hydrogen-bond donors (Lipinski definition) is 1. The zero-order valence-electron chi connectivity index (χ0n) is 16.6. The third-order valence-electron chi connectivity index (χ3n) is 5.44. The number of carbonyl (C=O) groups is 1. The fourth-order valence-corrected chi connectivity index (χ4v) is 5.27. The van der Waals surface area contributed by atoms with Crippen molar-refractivity contribution in [3.05, 3.63) is 71.5 Å². The second kappa shape index (κ2) is 9.50. The molecule has 0 bridgehead atoms. The fraction of sp³-hybridized carbons (Fsp3) is 0.409. The summed E-state index contributed by atoms with van der Waals surface area (Å²) >= 11 is 0. The number of nitrogens with one attached hydrogen (secondary N) is 1. The Morgan fingerprint density at radius 1 is 1.10 bits per heavy atom. The predicted molar refractivity (Wildman–Crippen MR) is 111 cm³/mol. The summed E-state index contributed by atoms with van der Waals surface area (Å²) in [5.41, 5.74) is 1.23. The van der Waals surface area contributed by atoms with Crippen molar-refractivity contribution in [2.75, 3.05) is 13.1 Å². The predicted octanol–water partition coefficient (Wildman–Crippen LogP) is 3.64. The first-order chi connectivity index (χ1) is 13.9. The third kappa shape index (κ3) is 5.42. The molecule has 0 radical (unpaired) electrons. The van der Waals surface area contributed by atoms with Crippen LogP contribution in [0.3, 0.4) is 0 Å². The standard InChI is InChI=1S/C22H27FN2O3S/c1-2-21(17-8-4-3-5-9-17)24-22(26)18-12-14-25(15-13-18)29(27,28)16-19-10-6-7-11-20(19)23/h3-11,18,21H,2,12-16H2,1H3,(H,24,26)/t21-/m0/s1. The van der Waals surface area contributed by atoms with Crippen LogP contribution in [-0.2, 0) is 20.6 Å².